The Morgan fingerprint density at radius 2 is 2.08 bits per heavy atom. The smallest absolute Gasteiger partial charge is 0.241 e. The molecule has 134 valence electrons. The van der Waals surface area contributed by atoms with E-state index < -0.39 is 0 Å². The third kappa shape index (κ3) is 4.80. The van der Waals surface area contributed by atoms with Crippen molar-refractivity contribution in [3.05, 3.63) is 48.3 Å². The first-order valence-electron chi connectivity index (χ1n) is 8.46. The van der Waals surface area contributed by atoms with E-state index in [0.717, 1.165) is 24.4 Å². The van der Waals surface area contributed by atoms with E-state index in [1.165, 1.54) is 0 Å². The standard InChI is InChI=1S/C18H24N4O3/c1-24-16-5-3-15(4-6-16)17(21-9-11-25-12-10-21)13-19-18(23)14-22-8-2-7-20-22/h2-8,17H,9-14H2,1H3,(H,19,23)/t17-/m0/s1. The fourth-order valence-electron chi connectivity index (χ4n) is 2.98. The Morgan fingerprint density at radius 1 is 1.32 bits per heavy atom. The van der Waals surface area contributed by atoms with Crippen molar-refractivity contribution < 1.29 is 14.3 Å². The Balaban J connectivity index is 1.65. The minimum Gasteiger partial charge on any atom is -0.497 e. The van der Waals surface area contributed by atoms with Gasteiger partial charge in [0, 0.05) is 32.0 Å². The fraction of sp³-hybridized carbons (Fsp3) is 0.444. The van der Waals surface area contributed by atoms with Crippen LogP contribution >= 0.6 is 0 Å². The minimum atomic E-state index is -0.0459. The number of rotatable bonds is 7. The van der Waals surface area contributed by atoms with Crippen molar-refractivity contribution in [2.75, 3.05) is 40.0 Å². The van der Waals surface area contributed by atoms with Crippen molar-refractivity contribution in [3.63, 3.8) is 0 Å². The average Bonchev–Trinajstić information content (AvgIpc) is 3.16. The van der Waals surface area contributed by atoms with Crippen LogP contribution < -0.4 is 10.1 Å². The Morgan fingerprint density at radius 3 is 2.72 bits per heavy atom. The Kier molecular flexibility index (Phi) is 6.03. The molecule has 1 aliphatic heterocycles. The lowest BCUT2D eigenvalue weighted by atomic mass is 10.0. The van der Waals surface area contributed by atoms with E-state index in [1.54, 1.807) is 30.3 Å². The summed E-state index contributed by atoms with van der Waals surface area (Å²) in [6.07, 6.45) is 3.45. The molecule has 2 aromatic rings. The molecule has 0 radical (unpaired) electrons. The zero-order valence-corrected chi connectivity index (χ0v) is 14.4. The quantitative estimate of drug-likeness (QED) is 0.814. The van der Waals surface area contributed by atoms with E-state index in [1.807, 2.05) is 12.1 Å². The van der Waals surface area contributed by atoms with Gasteiger partial charge < -0.3 is 14.8 Å². The predicted octanol–water partition coefficient (Wildman–Crippen LogP) is 1.08. The lowest BCUT2D eigenvalue weighted by Crippen LogP contribution is -2.44. The number of morpholine rings is 1. The lowest BCUT2D eigenvalue weighted by molar-refractivity contribution is -0.122. The molecule has 1 aromatic heterocycles. The summed E-state index contributed by atoms with van der Waals surface area (Å²) in [5.74, 6) is 0.780. The van der Waals surface area contributed by atoms with Gasteiger partial charge in [-0.2, -0.15) is 5.10 Å². The van der Waals surface area contributed by atoms with Crippen LogP contribution in [0.25, 0.3) is 0 Å². The van der Waals surface area contributed by atoms with Crippen LogP contribution in [0, 0.1) is 0 Å². The van der Waals surface area contributed by atoms with Crippen molar-refractivity contribution in [2.24, 2.45) is 0 Å². The molecule has 0 spiro atoms. The molecule has 7 nitrogen and oxygen atoms in total. The summed E-state index contributed by atoms with van der Waals surface area (Å²) in [4.78, 5) is 14.5. The zero-order chi connectivity index (χ0) is 17.5. The molecule has 3 rings (SSSR count). The molecule has 0 unspecified atom stereocenters. The predicted molar refractivity (Wildman–Crippen MR) is 93.4 cm³/mol. The van der Waals surface area contributed by atoms with E-state index in [9.17, 15) is 4.79 Å². The summed E-state index contributed by atoms with van der Waals surface area (Å²) in [5.41, 5.74) is 1.15. The highest BCUT2D eigenvalue weighted by Gasteiger charge is 2.23. The molecule has 7 heteroatoms. The highest BCUT2D eigenvalue weighted by Crippen LogP contribution is 2.23. The number of carbonyl (C=O) groups excluding carboxylic acids is 1. The molecule has 1 saturated heterocycles. The van der Waals surface area contributed by atoms with E-state index in [4.69, 9.17) is 9.47 Å². The van der Waals surface area contributed by atoms with Gasteiger partial charge in [0.25, 0.3) is 0 Å². The maximum Gasteiger partial charge on any atom is 0.241 e. The lowest BCUT2D eigenvalue weighted by Gasteiger charge is -2.35. The van der Waals surface area contributed by atoms with Crippen LogP contribution in [0.15, 0.2) is 42.7 Å². The molecule has 0 saturated carbocycles. The van der Waals surface area contributed by atoms with Gasteiger partial charge in [-0.3, -0.25) is 14.4 Å². The van der Waals surface area contributed by atoms with Crippen LogP contribution in [0.3, 0.4) is 0 Å². The van der Waals surface area contributed by atoms with Crippen LogP contribution in [0.5, 0.6) is 5.75 Å². The Hall–Kier alpha value is -2.38. The Labute approximate surface area is 147 Å². The second kappa shape index (κ2) is 8.64. The number of hydrogen-bond donors (Lipinski definition) is 1. The maximum atomic E-state index is 12.2. The van der Waals surface area contributed by atoms with E-state index in [-0.39, 0.29) is 18.5 Å². The first-order chi connectivity index (χ1) is 12.3. The van der Waals surface area contributed by atoms with Crippen LogP contribution in [-0.2, 0) is 16.1 Å². The largest absolute Gasteiger partial charge is 0.497 e. The van der Waals surface area contributed by atoms with Gasteiger partial charge in [0.05, 0.1) is 26.4 Å². The highest BCUT2D eigenvalue weighted by molar-refractivity contribution is 5.75. The van der Waals surface area contributed by atoms with Crippen molar-refractivity contribution in [1.82, 2.24) is 20.0 Å². The molecule has 2 heterocycles. The van der Waals surface area contributed by atoms with Crippen LogP contribution in [0.4, 0.5) is 0 Å². The van der Waals surface area contributed by atoms with E-state index in [0.29, 0.717) is 19.8 Å². The van der Waals surface area contributed by atoms with Gasteiger partial charge in [-0.05, 0) is 23.8 Å². The van der Waals surface area contributed by atoms with Gasteiger partial charge in [-0.25, -0.2) is 0 Å². The molecule has 25 heavy (non-hydrogen) atoms. The number of benzene rings is 1. The molecule has 1 atom stereocenters. The number of amides is 1. The maximum absolute atomic E-state index is 12.2. The van der Waals surface area contributed by atoms with Crippen LogP contribution in [0.2, 0.25) is 0 Å². The number of methoxy groups -OCH3 is 1. The van der Waals surface area contributed by atoms with Gasteiger partial charge in [0.2, 0.25) is 5.91 Å². The number of nitrogens with one attached hydrogen (secondary N) is 1. The molecule has 1 N–H and O–H groups in total. The number of nitrogens with zero attached hydrogens (tertiary/aromatic N) is 3. The van der Waals surface area contributed by atoms with Crippen molar-refractivity contribution in [3.8, 4) is 5.75 Å². The van der Waals surface area contributed by atoms with Crippen molar-refractivity contribution in [1.29, 1.82) is 0 Å². The number of ether oxygens (including phenoxy) is 2. The molecule has 1 amide bonds. The van der Waals surface area contributed by atoms with Crippen LogP contribution in [-0.4, -0.2) is 60.5 Å². The summed E-state index contributed by atoms with van der Waals surface area (Å²) in [6, 6.07) is 9.93. The molecule has 1 fully saturated rings. The first-order valence-corrected chi connectivity index (χ1v) is 8.46. The SMILES string of the molecule is COc1ccc([C@H](CNC(=O)Cn2cccn2)N2CCOCC2)cc1. The molecular weight excluding hydrogens is 320 g/mol. The monoisotopic (exact) mass is 344 g/mol. The topological polar surface area (TPSA) is 68.6 Å². The Bertz CT molecular complexity index is 651. The second-order valence-corrected chi connectivity index (χ2v) is 5.95. The summed E-state index contributed by atoms with van der Waals surface area (Å²) in [7, 11) is 1.66. The number of hydrogen-bond acceptors (Lipinski definition) is 5. The van der Waals surface area contributed by atoms with Crippen molar-refractivity contribution >= 4 is 5.91 Å². The number of carbonyl (C=O) groups is 1. The number of aromatic nitrogens is 2. The normalized spacial score (nSPS) is 16.4. The van der Waals surface area contributed by atoms with Gasteiger partial charge in [0.1, 0.15) is 12.3 Å². The van der Waals surface area contributed by atoms with Gasteiger partial charge in [-0.15, -0.1) is 0 Å². The molecule has 1 aliphatic rings. The fourth-order valence-corrected chi connectivity index (χ4v) is 2.98. The van der Waals surface area contributed by atoms with Gasteiger partial charge in [-0.1, -0.05) is 12.1 Å². The molecule has 1 aromatic carbocycles. The summed E-state index contributed by atoms with van der Waals surface area (Å²) in [6.45, 7) is 3.91. The van der Waals surface area contributed by atoms with E-state index in [2.05, 4.69) is 27.4 Å². The molecule has 0 bridgehead atoms. The zero-order valence-electron chi connectivity index (χ0n) is 14.4. The average molecular weight is 344 g/mol. The summed E-state index contributed by atoms with van der Waals surface area (Å²) >= 11 is 0. The minimum absolute atomic E-state index is 0.0459. The van der Waals surface area contributed by atoms with Crippen molar-refractivity contribution in [2.45, 2.75) is 12.6 Å². The van der Waals surface area contributed by atoms with Crippen LogP contribution in [0.1, 0.15) is 11.6 Å². The highest BCUT2D eigenvalue weighted by atomic mass is 16.5. The first kappa shape index (κ1) is 17.4. The summed E-state index contributed by atoms with van der Waals surface area (Å²) in [5, 5.41) is 7.10. The summed E-state index contributed by atoms with van der Waals surface area (Å²) < 4.78 is 12.3. The molecule has 0 aliphatic carbocycles. The third-order valence-corrected chi connectivity index (χ3v) is 4.34. The van der Waals surface area contributed by atoms with Gasteiger partial charge >= 0.3 is 0 Å². The molecular formula is C18H24N4O3. The second-order valence-electron chi connectivity index (χ2n) is 5.95. The van der Waals surface area contributed by atoms with Gasteiger partial charge in [0.15, 0.2) is 0 Å². The van der Waals surface area contributed by atoms with E-state index >= 15 is 0 Å². The third-order valence-electron chi connectivity index (χ3n) is 4.34.